The van der Waals surface area contributed by atoms with Crippen molar-refractivity contribution in [3.63, 3.8) is 0 Å². The second kappa shape index (κ2) is 4.61. The molecule has 2 nitrogen and oxygen atoms in total. The molecule has 0 amide bonds. The number of benzene rings is 1. The Morgan fingerprint density at radius 2 is 1.88 bits per heavy atom. The molecule has 0 atom stereocenters. The minimum atomic E-state index is -4.27. The first kappa shape index (κ1) is 11.7. The van der Waals surface area contributed by atoms with E-state index in [1.54, 1.807) is 18.5 Å². The molecule has 0 saturated heterocycles. The van der Waals surface area contributed by atoms with Crippen molar-refractivity contribution < 1.29 is 13.2 Å². The van der Waals surface area contributed by atoms with Crippen molar-refractivity contribution in [2.75, 3.05) is 0 Å². The third-order valence-corrected chi connectivity index (χ3v) is 2.51. The van der Waals surface area contributed by atoms with Crippen LogP contribution in [0.3, 0.4) is 0 Å². The molecule has 0 saturated carbocycles. The Bertz CT molecular complexity index is 475. The van der Waals surface area contributed by atoms with E-state index < -0.39 is 11.7 Å². The van der Waals surface area contributed by atoms with E-state index >= 15 is 0 Å². The summed E-state index contributed by atoms with van der Waals surface area (Å²) < 4.78 is 37.4. The molecule has 0 radical (unpaired) electrons. The Balaban J connectivity index is 2.07. The Kier molecular flexibility index (Phi) is 3.17. The van der Waals surface area contributed by atoms with Gasteiger partial charge in [0.25, 0.3) is 0 Å². The molecule has 1 N–H and O–H groups in total. The van der Waals surface area contributed by atoms with E-state index in [1.807, 2.05) is 0 Å². The predicted octanol–water partition coefficient (Wildman–Crippen LogP) is 3.21. The van der Waals surface area contributed by atoms with E-state index in [0.717, 1.165) is 11.6 Å². The molecule has 0 aliphatic carbocycles. The van der Waals surface area contributed by atoms with Crippen LogP contribution in [-0.4, -0.2) is 10.2 Å². The highest BCUT2D eigenvalue weighted by molar-refractivity contribution is 5.26. The second-order valence-corrected chi connectivity index (χ2v) is 3.80. The highest BCUT2D eigenvalue weighted by atomic mass is 19.4. The Morgan fingerprint density at radius 3 is 2.53 bits per heavy atom. The maximum atomic E-state index is 12.5. The van der Waals surface area contributed by atoms with Crippen LogP contribution in [0, 0.1) is 0 Å². The number of aryl methyl sites for hydroxylation is 2. The van der Waals surface area contributed by atoms with Crippen LogP contribution in [0.4, 0.5) is 13.2 Å². The molecule has 0 aliphatic heterocycles. The van der Waals surface area contributed by atoms with Gasteiger partial charge in [-0.25, -0.2) is 0 Å². The summed E-state index contributed by atoms with van der Waals surface area (Å²) in [6.07, 6.45) is 0.397. The molecule has 2 aromatic rings. The molecule has 1 aromatic heterocycles. The molecular weight excluding hydrogens is 229 g/mol. The summed E-state index contributed by atoms with van der Waals surface area (Å²) >= 11 is 0. The lowest BCUT2D eigenvalue weighted by molar-refractivity contribution is -0.137. The average Bonchev–Trinajstić information content (AvgIpc) is 2.78. The predicted molar refractivity (Wildman–Crippen MR) is 57.4 cm³/mol. The Hall–Kier alpha value is -1.78. The van der Waals surface area contributed by atoms with Crippen LogP contribution < -0.4 is 0 Å². The largest absolute Gasteiger partial charge is 0.416 e. The molecule has 1 aromatic carbocycles. The van der Waals surface area contributed by atoms with Gasteiger partial charge in [0.15, 0.2) is 0 Å². The highest BCUT2D eigenvalue weighted by Gasteiger charge is 2.30. The van der Waals surface area contributed by atoms with Crippen molar-refractivity contribution in [2.45, 2.75) is 19.0 Å². The Labute approximate surface area is 96.5 Å². The molecule has 0 fully saturated rings. The zero-order valence-electron chi connectivity index (χ0n) is 8.96. The van der Waals surface area contributed by atoms with Crippen molar-refractivity contribution in [3.05, 3.63) is 53.3 Å². The van der Waals surface area contributed by atoms with E-state index in [0.29, 0.717) is 18.4 Å². The van der Waals surface area contributed by atoms with Crippen molar-refractivity contribution >= 4 is 0 Å². The number of halogens is 3. The summed E-state index contributed by atoms with van der Waals surface area (Å²) in [5, 5.41) is 6.46. The number of hydrogen-bond donors (Lipinski definition) is 1. The van der Waals surface area contributed by atoms with Crippen LogP contribution in [0.25, 0.3) is 0 Å². The number of nitrogens with one attached hydrogen (secondary N) is 1. The molecule has 0 spiro atoms. The quantitative estimate of drug-likeness (QED) is 0.876. The minimum Gasteiger partial charge on any atom is -0.285 e. The van der Waals surface area contributed by atoms with Crippen LogP contribution >= 0.6 is 0 Å². The van der Waals surface area contributed by atoms with Gasteiger partial charge in [-0.3, -0.25) is 5.10 Å². The maximum absolute atomic E-state index is 12.5. The summed E-state index contributed by atoms with van der Waals surface area (Å²) in [6, 6.07) is 5.42. The molecule has 2 rings (SSSR count). The zero-order chi connectivity index (χ0) is 12.3. The summed E-state index contributed by atoms with van der Waals surface area (Å²) in [5.41, 5.74) is 1.07. The molecule has 0 unspecified atom stereocenters. The van der Waals surface area contributed by atoms with Crippen LogP contribution in [0.1, 0.15) is 16.7 Å². The van der Waals surface area contributed by atoms with Crippen molar-refractivity contribution in [3.8, 4) is 0 Å². The molecule has 1 heterocycles. The number of aromatic amines is 1. The van der Waals surface area contributed by atoms with Gasteiger partial charge in [0.2, 0.25) is 0 Å². The molecule has 5 heteroatoms. The van der Waals surface area contributed by atoms with E-state index in [1.165, 1.54) is 12.1 Å². The lowest BCUT2D eigenvalue weighted by Crippen LogP contribution is -2.05. The highest BCUT2D eigenvalue weighted by Crippen LogP contribution is 2.29. The number of aromatic nitrogens is 2. The van der Waals surface area contributed by atoms with Gasteiger partial charge in [-0.1, -0.05) is 18.2 Å². The number of H-pyrrole nitrogens is 1. The van der Waals surface area contributed by atoms with E-state index in [9.17, 15) is 13.2 Å². The summed E-state index contributed by atoms with van der Waals surface area (Å²) in [4.78, 5) is 0. The first-order valence-corrected chi connectivity index (χ1v) is 5.19. The first-order chi connectivity index (χ1) is 8.05. The van der Waals surface area contributed by atoms with Crippen molar-refractivity contribution in [1.82, 2.24) is 10.2 Å². The standard InChI is InChI=1S/C12H11F3N2/c13-12(14,15)11-3-1-2-9(6-11)4-5-10-7-16-17-8-10/h1-3,6-8H,4-5H2,(H,16,17). The van der Waals surface area contributed by atoms with Crippen LogP contribution in [-0.2, 0) is 19.0 Å². The zero-order valence-corrected chi connectivity index (χ0v) is 8.96. The first-order valence-electron chi connectivity index (χ1n) is 5.19. The van der Waals surface area contributed by atoms with Gasteiger partial charge in [-0.15, -0.1) is 0 Å². The van der Waals surface area contributed by atoms with Crippen molar-refractivity contribution in [1.29, 1.82) is 0 Å². The number of hydrogen-bond acceptors (Lipinski definition) is 1. The number of nitrogens with zero attached hydrogens (tertiary/aromatic N) is 1. The molecule has 17 heavy (non-hydrogen) atoms. The molecule has 0 aliphatic rings. The van der Waals surface area contributed by atoms with Crippen LogP contribution in [0.15, 0.2) is 36.7 Å². The van der Waals surface area contributed by atoms with E-state index in [-0.39, 0.29) is 0 Å². The second-order valence-electron chi connectivity index (χ2n) is 3.80. The van der Waals surface area contributed by atoms with Gasteiger partial charge >= 0.3 is 6.18 Å². The maximum Gasteiger partial charge on any atom is 0.416 e. The van der Waals surface area contributed by atoms with Crippen LogP contribution in [0.2, 0.25) is 0 Å². The Morgan fingerprint density at radius 1 is 1.12 bits per heavy atom. The van der Waals surface area contributed by atoms with E-state index in [2.05, 4.69) is 10.2 Å². The van der Waals surface area contributed by atoms with Gasteiger partial charge in [0, 0.05) is 6.20 Å². The minimum absolute atomic E-state index is 0.573. The van der Waals surface area contributed by atoms with Gasteiger partial charge in [0.05, 0.1) is 11.8 Å². The lowest BCUT2D eigenvalue weighted by Gasteiger charge is -2.08. The van der Waals surface area contributed by atoms with Crippen molar-refractivity contribution in [2.24, 2.45) is 0 Å². The summed E-state index contributed by atoms with van der Waals surface area (Å²) in [7, 11) is 0. The van der Waals surface area contributed by atoms with Crippen LogP contribution in [0.5, 0.6) is 0 Å². The summed E-state index contributed by atoms with van der Waals surface area (Å²) in [5.74, 6) is 0. The molecule has 90 valence electrons. The number of rotatable bonds is 3. The van der Waals surface area contributed by atoms with Gasteiger partial charge in [0.1, 0.15) is 0 Å². The SMILES string of the molecule is FC(F)(F)c1cccc(CCc2cn[nH]c2)c1. The monoisotopic (exact) mass is 240 g/mol. The normalized spacial score (nSPS) is 11.7. The fourth-order valence-corrected chi connectivity index (χ4v) is 1.61. The van der Waals surface area contributed by atoms with Gasteiger partial charge < -0.3 is 0 Å². The fraction of sp³-hybridized carbons (Fsp3) is 0.250. The third-order valence-electron chi connectivity index (χ3n) is 2.51. The van der Waals surface area contributed by atoms with E-state index in [4.69, 9.17) is 0 Å². The smallest absolute Gasteiger partial charge is 0.285 e. The van der Waals surface area contributed by atoms with Gasteiger partial charge in [-0.2, -0.15) is 18.3 Å². The number of alkyl halides is 3. The molecule has 0 bridgehead atoms. The summed E-state index contributed by atoms with van der Waals surface area (Å²) in [6.45, 7) is 0. The lowest BCUT2D eigenvalue weighted by atomic mass is 10.0. The third kappa shape index (κ3) is 3.09. The fourth-order valence-electron chi connectivity index (χ4n) is 1.61. The average molecular weight is 240 g/mol. The molecular formula is C12H11F3N2. The topological polar surface area (TPSA) is 28.7 Å². The van der Waals surface area contributed by atoms with Gasteiger partial charge in [-0.05, 0) is 30.0 Å².